The number of anilines is 1. The Morgan fingerprint density at radius 1 is 1.13 bits per heavy atom. The summed E-state index contributed by atoms with van der Waals surface area (Å²) >= 11 is 1.14. The van der Waals surface area contributed by atoms with E-state index in [1.54, 1.807) is 29.2 Å². The van der Waals surface area contributed by atoms with Crippen molar-refractivity contribution in [3.63, 3.8) is 0 Å². The molecule has 3 heterocycles. The van der Waals surface area contributed by atoms with Crippen LogP contribution in [-0.4, -0.2) is 40.2 Å². The topological polar surface area (TPSA) is 93.7 Å². The zero-order chi connectivity index (χ0) is 21.4. The van der Waals surface area contributed by atoms with Gasteiger partial charge in [0.05, 0.1) is 6.04 Å². The highest BCUT2D eigenvalue weighted by Crippen LogP contribution is 2.36. The van der Waals surface area contributed by atoms with Crippen LogP contribution >= 0.6 is 11.3 Å². The van der Waals surface area contributed by atoms with Crippen LogP contribution in [0.15, 0.2) is 42.5 Å². The Labute approximate surface area is 180 Å². The molecule has 2 aliphatic heterocycles. The van der Waals surface area contributed by atoms with Crippen LogP contribution in [0, 0.1) is 5.82 Å². The average Bonchev–Trinajstić information content (AvgIpc) is 3.52. The second-order valence-electron chi connectivity index (χ2n) is 7.13. The standard InChI is InChI=1S/C21H17FN4O4S/c22-13-4-1-3-12(9-13)21(28)26-8-2-5-15(26)19-24-25-20(31-19)18(27)23-14-6-7-16-17(10-14)30-11-29-16/h1,3-4,6-7,9-10,15H,2,5,8,11H2,(H,23,27). The van der Waals surface area contributed by atoms with Crippen molar-refractivity contribution in [2.24, 2.45) is 0 Å². The van der Waals surface area contributed by atoms with E-state index in [1.165, 1.54) is 18.2 Å². The molecule has 1 fully saturated rings. The molecule has 1 N–H and O–H groups in total. The molecule has 0 spiro atoms. The minimum atomic E-state index is -0.458. The van der Waals surface area contributed by atoms with Crippen LogP contribution in [0.1, 0.15) is 44.1 Å². The number of nitrogens with one attached hydrogen (secondary N) is 1. The molecule has 2 aliphatic rings. The summed E-state index contributed by atoms with van der Waals surface area (Å²) in [6.07, 6.45) is 1.50. The van der Waals surface area contributed by atoms with Gasteiger partial charge in [0, 0.05) is 23.9 Å². The molecule has 31 heavy (non-hydrogen) atoms. The van der Waals surface area contributed by atoms with Crippen molar-refractivity contribution >= 4 is 28.8 Å². The average molecular weight is 440 g/mol. The van der Waals surface area contributed by atoms with Crippen molar-refractivity contribution < 1.29 is 23.5 Å². The summed E-state index contributed by atoms with van der Waals surface area (Å²) in [7, 11) is 0. The Hall–Kier alpha value is -3.53. The summed E-state index contributed by atoms with van der Waals surface area (Å²) in [5.41, 5.74) is 0.840. The van der Waals surface area contributed by atoms with Gasteiger partial charge in [-0.3, -0.25) is 9.59 Å². The first-order valence-electron chi connectivity index (χ1n) is 9.69. The van der Waals surface area contributed by atoms with Gasteiger partial charge in [0.2, 0.25) is 11.8 Å². The summed E-state index contributed by atoms with van der Waals surface area (Å²) in [4.78, 5) is 27.2. The first kappa shape index (κ1) is 19.4. The van der Waals surface area contributed by atoms with Crippen molar-refractivity contribution in [2.45, 2.75) is 18.9 Å². The Kier molecular flexibility index (Phi) is 4.99. The van der Waals surface area contributed by atoms with E-state index in [9.17, 15) is 14.0 Å². The van der Waals surface area contributed by atoms with Crippen LogP contribution in [-0.2, 0) is 0 Å². The molecule has 0 bridgehead atoms. The van der Waals surface area contributed by atoms with Gasteiger partial charge < -0.3 is 19.7 Å². The maximum Gasteiger partial charge on any atom is 0.286 e. The molecule has 0 aliphatic carbocycles. The predicted octanol–water partition coefficient (Wildman–Crippen LogP) is 3.64. The Bertz CT molecular complexity index is 1170. The third kappa shape index (κ3) is 3.81. The zero-order valence-electron chi connectivity index (χ0n) is 16.2. The lowest BCUT2D eigenvalue weighted by Gasteiger charge is -2.22. The molecule has 2 amide bonds. The summed E-state index contributed by atoms with van der Waals surface area (Å²) in [6.45, 7) is 0.692. The number of hydrogen-bond donors (Lipinski definition) is 1. The number of halogens is 1. The van der Waals surface area contributed by atoms with Gasteiger partial charge in [-0.05, 0) is 43.2 Å². The van der Waals surface area contributed by atoms with Crippen molar-refractivity contribution in [3.05, 3.63) is 63.9 Å². The van der Waals surface area contributed by atoms with E-state index in [4.69, 9.17) is 9.47 Å². The second-order valence-corrected chi connectivity index (χ2v) is 8.14. The molecular formula is C21H17FN4O4S. The molecule has 1 atom stereocenters. The summed E-state index contributed by atoms with van der Waals surface area (Å²) in [5.74, 6) is 0.0702. The molecular weight excluding hydrogens is 423 g/mol. The number of benzene rings is 2. The molecule has 8 nitrogen and oxygen atoms in total. The quantitative estimate of drug-likeness (QED) is 0.666. The van der Waals surface area contributed by atoms with E-state index in [2.05, 4.69) is 15.5 Å². The van der Waals surface area contributed by atoms with Gasteiger partial charge in [-0.15, -0.1) is 10.2 Å². The van der Waals surface area contributed by atoms with E-state index in [0.29, 0.717) is 35.2 Å². The Morgan fingerprint density at radius 2 is 2.00 bits per heavy atom. The van der Waals surface area contributed by atoms with Crippen molar-refractivity contribution in [3.8, 4) is 11.5 Å². The highest BCUT2D eigenvalue weighted by Gasteiger charge is 2.33. The monoisotopic (exact) mass is 440 g/mol. The normalized spacial score (nSPS) is 17.1. The molecule has 1 unspecified atom stereocenters. The third-order valence-corrected chi connectivity index (χ3v) is 6.16. The highest BCUT2D eigenvalue weighted by atomic mass is 32.1. The van der Waals surface area contributed by atoms with E-state index >= 15 is 0 Å². The smallest absolute Gasteiger partial charge is 0.286 e. The van der Waals surface area contributed by atoms with Gasteiger partial charge in [0.25, 0.3) is 11.8 Å². The fraction of sp³-hybridized carbons (Fsp3) is 0.238. The minimum Gasteiger partial charge on any atom is -0.454 e. The number of fused-ring (bicyclic) bond motifs is 1. The molecule has 1 saturated heterocycles. The second kappa shape index (κ2) is 7.95. The molecule has 0 saturated carbocycles. The summed E-state index contributed by atoms with van der Waals surface area (Å²) < 4.78 is 24.1. The van der Waals surface area contributed by atoms with Crippen molar-refractivity contribution in [2.75, 3.05) is 18.7 Å². The predicted molar refractivity (Wildman–Crippen MR) is 110 cm³/mol. The molecule has 2 aromatic carbocycles. The van der Waals surface area contributed by atoms with Gasteiger partial charge in [-0.2, -0.15) is 0 Å². The largest absolute Gasteiger partial charge is 0.454 e. The van der Waals surface area contributed by atoms with Crippen LogP contribution in [0.4, 0.5) is 10.1 Å². The number of carbonyl (C=O) groups is 2. The zero-order valence-corrected chi connectivity index (χ0v) is 17.0. The number of aromatic nitrogens is 2. The van der Waals surface area contributed by atoms with Crippen LogP contribution in [0.2, 0.25) is 0 Å². The number of nitrogens with zero attached hydrogens (tertiary/aromatic N) is 3. The van der Waals surface area contributed by atoms with E-state index in [1.807, 2.05) is 0 Å². The van der Waals surface area contributed by atoms with Gasteiger partial charge in [0.1, 0.15) is 10.8 Å². The lowest BCUT2D eigenvalue weighted by Crippen LogP contribution is -2.30. The van der Waals surface area contributed by atoms with Crippen molar-refractivity contribution in [1.82, 2.24) is 15.1 Å². The van der Waals surface area contributed by atoms with Crippen LogP contribution in [0.25, 0.3) is 0 Å². The van der Waals surface area contributed by atoms with Crippen LogP contribution in [0.5, 0.6) is 11.5 Å². The van der Waals surface area contributed by atoms with Gasteiger partial charge in [0.15, 0.2) is 11.5 Å². The maximum absolute atomic E-state index is 13.5. The molecule has 5 rings (SSSR count). The van der Waals surface area contributed by atoms with E-state index in [0.717, 1.165) is 17.8 Å². The van der Waals surface area contributed by atoms with Crippen LogP contribution < -0.4 is 14.8 Å². The van der Waals surface area contributed by atoms with Crippen molar-refractivity contribution in [1.29, 1.82) is 0 Å². The minimum absolute atomic E-state index is 0.152. The summed E-state index contributed by atoms with van der Waals surface area (Å²) in [5, 5.41) is 11.7. The first-order valence-corrected chi connectivity index (χ1v) is 10.5. The first-order chi connectivity index (χ1) is 15.1. The highest BCUT2D eigenvalue weighted by molar-refractivity contribution is 7.13. The van der Waals surface area contributed by atoms with E-state index in [-0.39, 0.29) is 29.3 Å². The van der Waals surface area contributed by atoms with E-state index < -0.39 is 11.7 Å². The van der Waals surface area contributed by atoms with Gasteiger partial charge in [-0.25, -0.2) is 4.39 Å². The SMILES string of the molecule is O=C(Nc1ccc2c(c1)OCO2)c1nnc(C2CCCN2C(=O)c2cccc(F)c2)s1. The third-order valence-electron chi connectivity index (χ3n) is 5.14. The van der Waals surface area contributed by atoms with Crippen LogP contribution in [0.3, 0.4) is 0 Å². The number of likely N-dealkylation sites (tertiary alicyclic amines) is 1. The molecule has 3 aromatic rings. The summed E-state index contributed by atoms with van der Waals surface area (Å²) in [6, 6.07) is 10.4. The Morgan fingerprint density at radius 3 is 2.87 bits per heavy atom. The number of hydrogen-bond acceptors (Lipinski definition) is 7. The molecule has 1 aromatic heterocycles. The molecule has 158 valence electrons. The van der Waals surface area contributed by atoms with Gasteiger partial charge >= 0.3 is 0 Å². The number of amides is 2. The fourth-order valence-corrected chi connectivity index (χ4v) is 4.56. The van der Waals surface area contributed by atoms with Gasteiger partial charge in [-0.1, -0.05) is 17.4 Å². The molecule has 0 radical (unpaired) electrons. The lowest BCUT2D eigenvalue weighted by molar-refractivity contribution is 0.0734. The Balaban J connectivity index is 1.31. The number of rotatable bonds is 4. The number of ether oxygens (including phenoxy) is 2. The molecule has 10 heteroatoms. The fourth-order valence-electron chi connectivity index (χ4n) is 3.67. The number of carbonyl (C=O) groups excluding carboxylic acids is 2. The lowest BCUT2D eigenvalue weighted by atomic mass is 10.1. The maximum atomic E-state index is 13.5.